The molecule has 0 aromatic carbocycles. The fraction of sp³-hybridized carbons (Fsp3) is 0. The van der Waals surface area contributed by atoms with E-state index in [1.54, 1.807) is 0 Å². The number of amides is 1. The highest BCUT2D eigenvalue weighted by Gasteiger charge is 2.07. The van der Waals surface area contributed by atoms with Crippen molar-refractivity contribution in [1.82, 2.24) is 14.6 Å². The third-order valence-electron chi connectivity index (χ3n) is 1.75. The van der Waals surface area contributed by atoms with Crippen LogP contribution in [0.3, 0.4) is 0 Å². The SMILES string of the molecule is O=Cc1cnc2c(NC(=O)O)cnn2c1. The van der Waals surface area contributed by atoms with Crippen LogP contribution in [0.1, 0.15) is 10.4 Å². The molecule has 0 aliphatic carbocycles. The lowest BCUT2D eigenvalue weighted by Gasteiger charge is -1.97. The highest BCUT2D eigenvalue weighted by molar-refractivity contribution is 5.88. The summed E-state index contributed by atoms with van der Waals surface area (Å²) in [6, 6.07) is 0. The molecule has 0 aliphatic rings. The summed E-state index contributed by atoms with van der Waals surface area (Å²) in [6.45, 7) is 0. The summed E-state index contributed by atoms with van der Waals surface area (Å²) in [5.41, 5.74) is 0.996. The normalized spacial score (nSPS) is 10.1. The second-order valence-electron chi connectivity index (χ2n) is 2.76. The van der Waals surface area contributed by atoms with Crippen molar-refractivity contribution < 1.29 is 14.7 Å². The van der Waals surface area contributed by atoms with Gasteiger partial charge in [-0.15, -0.1) is 0 Å². The van der Waals surface area contributed by atoms with Crippen LogP contribution < -0.4 is 5.32 Å². The lowest BCUT2D eigenvalue weighted by atomic mass is 10.4. The molecule has 15 heavy (non-hydrogen) atoms. The highest BCUT2D eigenvalue weighted by Crippen LogP contribution is 2.13. The van der Waals surface area contributed by atoms with E-state index in [0.717, 1.165) is 0 Å². The van der Waals surface area contributed by atoms with E-state index >= 15 is 0 Å². The van der Waals surface area contributed by atoms with Crippen LogP contribution in [0, 0.1) is 0 Å². The first-order valence-corrected chi connectivity index (χ1v) is 3.99. The van der Waals surface area contributed by atoms with Gasteiger partial charge in [-0.1, -0.05) is 0 Å². The van der Waals surface area contributed by atoms with Gasteiger partial charge in [0, 0.05) is 12.4 Å². The number of carboxylic acid groups (broad SMARTS) is 1. The van der Waals surface area contributed by atoms with Crippen LogP contribution in [0.4, 0.5) is 10.5 Å². The summed E-state index contributed by atoms with van der Waals surface area (Å²) < 4.78 is 1.33. The van der Waals surface area contributed by atoms with Gasteiger partial charge in [0.1, 0.15) is 5.69 Å². The third-order valence-corrected chi connectivity index (χ3v) is 1.75. The first-order chi connectivity index (χ1) is 7.20. The molecule has 0 aliphatic heterocycles. The second kappa shape index (κ2) is 3.37. The van der Waals surface area contributed by atoms with Gasteiger partial charge in [-0.25, -0.2) is 14.3 Å². The largest absolute Gasteiger partial charge is 0.465 e. The molecule has 0 bridgehead atoms. The predicted molar refractivity (Wildman–Crippen MR) is 50.0 cm³/mol. The Morgan fingerprint density at radius 3 is 3.00 bits per heavy atom. The number of hydrogen-bond acceptors (Lipinski definition) is 4. The molecule has 0 fully saturated rings. The zero-order valence-corrected chi connectivity index (χ0v) is 7.41. The first-order valence-electron chi connectivity index (χ1n) is 3.99. The van der Waals surface area contributed by atoms with Gasteiger partial charge >= 0.3 is 6.09 Å². The van der Waals surface area contributed by atoms with Crippen LogP contribution in [-0.2, 0) is 0 Å². The Balaban J connectivity index is 2.51. The molecule has 2 aromatic heterocycles. The van der Waals surface area contributed by atoms with Crippen LogP contribution in [0.25, 0.3) is 5.65 Å². The van der Waals surface area contributed by atoms with E-state index in [2.05, 4.69) is 15.4 Å². The summed E-state index contributed by atoms with van der Waals surface area (Å²) in [6.07, 6.45) is 3.58. The van der Waals surface area contributed by atoms with Crippen LogP contribution in [-0.4, -0.2) is 32.1 Å². The van der Waals surface area contributed by atoms with Crippen molar-refractivity contribution in [2.45, 2.75) is 0 Å². The number of carbonyl (C=O) groups is 2. The minimum absolute atomic E-state index is 0.278. The molecular weight excluding hydrogens is 200 g/mol. The highest BCUT2D eigenvalue weighted by atomic mass is 16.4. The van der Waals surface area contributed by atoms with Crippen LogP contribution in [0.15, 0.2) is 18.6 Å². The maximum Gasteiger partial charge on any atom is 0.409 e. The first kappa shape index (κ1) is 9.13. The summed E-state index contributed by atoms with van der Waals surface area (Å²) in [5.74, 6) is 0. The molecule has 0 spiro atoms. The summed E-state index contributed by atoms with van der Waals surface area (Å²) in [5, 5.41) is 14.5. The lowest BCUT2D eigenvalue weighted by Crippen LogP contribution is -2.07. The van der Waals surface area contributed by atoms with Gasteiger partial charge in [-0.3, -0.25) is 10.1 Å². The molecular formula is C8H6N4O3. The number of hydrogen-bond donors (Lipinski definition) is 2. The minimum Gasteiger partial charge on any atom is -0.465 e. The van der Waals surface area contributed by atoms with Crippen molar-refractivity contribution in [2.24, 2.45) is 0 Å². The molecule has 0 saturated carbocycles. The van der Waals surface area contributed by atoms with Gasteiger partial charge in [-0.05, 0) is 0 Å². The molecule has 76 valence electrons. The van der Waals surface area contributed by atoms with Crippen LogP contribution >= 0.6 is 0 Å². The third kappa shape index (κ3) is 1.62. The summed E-state index contributed by atoms with van der Waals surface area (Å²) >= 11 is 0. The van der Waals surface area contributed by atoms with Gasteiger partial charge in [0.05, 0.1) is 11.8 Å². The summed E-state index contributed by atoms with van der Waals surface area (Å²) in [4.78, 5) is 24.8. The number of carbonyl (C=O) groups excluding carboxylic acids is 1. The van der Waals surface area contributed by atoms with E-state index in [0.29, 0.717) is 17.5 Å². The molecule has 0 atom stereocenters. The number of anilines is 1. The molecule has 2 N–H and O–H groups in total. The molecule has 0 saturated heterocycles. The standard InChI is InChI=1S/C8H6N4O3/c13-4-5-1-9-7-6(11-8(14)15)2-10-12(7)3-5/h1-4,11H,(H,14,15). The Labute approximate surface area is 83.4 Å². The molecule has 7 heteroatoms. The van der Waals surface area contributed by atoms with E-state index in [-0.39, 0.29) is 5.69 Å². The van der Waals surface area contributed by atoms with Crippen molar-refractivity contribution in [2.75, 3.05) is 5.32 Å². The van der Waals surface area contributed by atoms with Crippen LogP contribution in [0.2, 0.25) is 0 Å². The summed E-state index contributed by atoms with van der Waals surface area (Å²) in [7, 11) is 0. The molecule has 0 radical (unpaired) electrons. The van der Waals surface area contributed by atoms with E-state index in [9.17, 15) is 9.59 Å². The number of aldehydes is 1. The fourth-order valence-corrected chi connectivity index (χ4v) is 1.15. The molecule has 2 heterocycles. The molecule has 2 aromatic rings. The molecule has 2 rings (SSSR count). The number of fused-ring (bicyclic) bond motifs is 1. The Bertz CT molecular complexity index is 534. The van der Waals surface area contributed by atoms with Crippen molar-refractivity contribution in [3.63, 3.8) is 0 Å². The molecule has 1 amide bonds. The Hall–Kier alpha value is -2.44. The van der Waals surface area contributed by atoms with E-state index in [1.807, 2.05) is 0 Å². The maximum atomic E-state index is 10.4. The lowest BCUT2D eigenvalue weighted by molar-refractivity contribution is 0.112. The smallest absolute Gasteiger partial charge is 0.409 e. The van der Waals surface area contributed by atoms with E-state index in [4.69, 9.17) is 5.11 Å². The van der Waals surface area contributed by atoms with Crippen molar-refractivity contribution in [3.05, 3.63) is 24.2 Å². The quantitative estimate of drug-likeness (QED) is 0.702. The Morgan fingerprint density at radius 1 is 1.53 bits per heavy atom. The zero-order chi connectivity index (χ0) is 10.8. The number of nitrogens with zero attached hydrogens (tertiary/aromatic N) is 3. The van der Waals surface area contributed by atoms with Crippen molar-refractivity contribution in [3.8, 4) is 0 Å². The number of rotatable bonds is 2. The van der Waals surface area contributed by atoms with E-state index < -0.39 is 6.09 Å². The van der Waals surface area contributed by atoms with Gasteiger partial charge in [-0.2, -0.15) is 5.10 Å². The fourth-order valence-electron chi connectivity index (χ4n) is 1.15. The van der Waals surface area contributed by atoms with Gasteiger partial charge in [0.15, 0.2) is 11.9 Å². The molecule has 7 nitrogen and oxygen atoms in total. The van der Waals surface area contributed by atoms with Gasteiger partial charge < -0.3 is 5.11 Å². The Morgan fingerprint density at radius 2 is 2.33 bits per heavy atom. The topological polar surface area (TPSA) is 96.6 Å². The second-order valence-corrected chi connectivity index (χ2v) is 2.76. The average molecular weight is 206 g/mol. The monoisotopic (exact) mass is 206 g/mol. The van der Waals surface area contributed by atoms with Gasteiger partial charge in [0.2, 0.25) is 0 Å². The van der Waals surface area contributed by atoms with Crippen molar-refractivity contribution in [1.29, 1.82) is 0 Å². The zero-order valence-electron chi connectivity index (χ0n) is 7.41. The predicted octanol–water partition coefficient (Wildman–Crippen LogP) is 0.632. The molecule has 0 unspecified atom stereocenters. The Kier molecular flexibility index (Phi) is 2.05. The average Bonchev–Trinajstić information content (AvgIpc) is 2.60. The van der Waals surface area contributed by atoms with Crippen molar-refractivity contribution >= 4 is 23.7 Å². The van der Waals surface area contributed by atoms with E-state index in [1.165, 1.54) is 23.1 Å². The number of aromatic nitrogens is 3. The van der Waals surface area contributed by atoms with Gasteiger partial charge in [0.25, 0.3) is 0 Å². The van der Waals surface area contributed by atoms with Crippen LogP contribution in [0.5, 0.6) is 0 Å². The maximum absolute atomic E-state index is 10.4. The minimum atomic E-state index is -1.19. The number of nitrogens with one attached hydrogen (secondary N) is 1.